The maximum atomic E-state index is 12.6. The molecule has 65 heavy (non-hydrogen) atoms. The average molecular weight is 916 g/mol. The third-order valence-corrected chi connectivity index (χ3v) is 9.79. The number of hydrogen-bond donors (Lipinski definition) is 0. The molecule has 0 spiro atoms. The van der Waals surface area contributed by atoms with Crippen molar-refractivity contribution in [2.75, 3.05) is 185 Å². The molecule has 16 heteroatoms. The highest BCUT2D eigenvalue weighted by Crippen LogP contribution is 2.44. The molecule has 0 saturated heterocycles. The molecule has 1 aliphatic rings. The maximum Gasteiger partial charge on any atom is 0.409 e. The van der Waals surface area contributed by atoms with Crippen LogP contribution in [-0.2, 0) is 72.9 Å². The molecular formula is C49H73NO15. The van der Waals surface area contributed by atoms with Crippen LogP contribution in [0.25, 0.3) is 11.1 Å². The molecule has 0 aromatic heterocycles. The van der Waals surface area contributed by atoms with Crippen molar-refractivity contribution in [3.63, 3.8) is 0 Å². The fourth-order valence-electron chi connectivity index (χ4n) is 6.40. The zero-order valence-electron chi connectivity index (χ0n) is 38.5. The molecule has 3 aromatic carbocycles. The molecule has 3 aromatic rings. The fourth-order valence-corrected chi connectivity index (χ4v) is 6.40. The predicted octanol–water partition coefficient (Wildman–Crippen LogP) is 5.28. The molecule has 0 aliphatic heterocycles. The number of rotatable bonds is 43. The van der Waals surface area contributed by atoms with E-state index < -0.39 is 0 Å². The van der Waals surface area contributed by atoms with Crippen molar-refractivity contribution in [1.82, 2.24) is 4.90 Å². The Bertz CT molecular complexity index is 1540. The minimum atomic E-state index is -0.366. The number of likely N-dealkylation sites (N-methyl/N-ethyl adjacent to an activating group) is 1. The van der Waals surface area contributed by atoms with Gasteiger partial charge in [0.15, 0.2) is 0 Å². The molecule has 0 fully saturated rings. The lowest BCUT2D eigenvalue weighted by Crippen LogP contribution is -2.32. The maximum absolute atomic E-state index is 12.6. The van der Waals surface area contributed by atoms with Gasteiger partial charge in [-0.2, -0.15) is 0 Å². The van der Waals surface area contributed by atoms with Crippen molar-refractivity contribution in [3.05, 3.63) is 95.6 Å². The first kappa shape index (κ1) is 54.0. The molecule has 0 N–H and O–H groups in total. The number of benzene rings is 3. The van der Waals surface area contributed by atoms with Gasteiger partial charge in [0, 0.05) is 19.5 Å². The van der Waals surface area contributed by atoms with Gasteiger partial charge < -0.3 is 71.2 Å². The summed E-state index contributed by atoms with van der Waals surface area (Å²) in [6.07, 6.45) is -0.366. The van der Waals surface area contributed by atoms with E-state index in [2.05, 4.69) is 24.3 Å². The van der Waals surface area contributed by atoms with Crippen LogP contribution < -0.4 is 0 Å². The summed E-state index contributed by atoms with van der Waals surface area (Å²) in [4.78, 5) is 14.2. The largest absolute Gasteiger partial charge is 0.448 e. The lowest BCUT2D eigenvalue weighted by atomic mass is 9.98. The molecule has 1 aliphatic carbocycles. The molecule has 364 valence electrons. The first-order valence-corrected chi connectivity index (χ1v) is 22.8. The summed E-state index contributed by atoms with van der Waals surface area (Å²) in [5, 5.41) is 0. The molecule has 0 atom stereocenters. The lowest BCUT2D eigenvalue weighted by molar-refractivity contribution is -0.0292. The van der Waals surface area contributed by atoms with E-state index in [9.17, 15) is 4.79 Å². The van der Waals surface area contributed by atoms with E-state index in [1.54, 1.807) is 7.05 Å². The van der Waals surface area contributed by atoms with E-state index in [4.69, 9.17) is 66.3 Å². The zero-order valence-corrected chi connectivity index (χ0v) is 38.5. The van der Waals surface area contributed by atoms with E-state index >= 15 is 0 Å². The molecule has 0 bridgehead atoms. The predicted molar refractivity (Wildman–Crippen MR) is 244 cm³/mol. The van der Waals surface area contributed by atoms with Crippen molar-refractivity contribution in [2.45, 2.75) is 12.5 Å². The van der Waals surface area contributed by atoms with E-state index in [1.807, 2.05) is 54.6 Å². The van der Waals surface area contributed by atoms with Gasteiger partial charge in [0.05, 0.1) is 172 Å². The molecule has 1 amide bonds. The van der Waals surface area contributed by atoms with Crippen LogP contribution in [0.5, 0.6) is 0 Å². The highest BCUT2D eigenvalue weighted by atomic mass is 16.6. The minimum absolute atomic E-state index is 0.0350. The minimum Gasteiger partial charge on any atom is -0.448 e. The van der Waals surface area contributed by atoms with E-state index in [1.165, 1.54) is 27.2 Å². The summed E-state index contributed by atoms with van der Waals surface area (Å²) in [6, 6.07) is 26.7. The van der Waals surface area contributed by atoms with Gasteiger partial charge in [-0.15, -0.1) is 0 Å². The van der Waals surface area contributed by atoms with Crippen molar-refractivity contribution in [1.29, 1.82) is 0 Å². The van der Waals surface area contributed by atoms with Crippen molar-refractivity contribution < 1.29 is 71.1 Å². The van der Waals surface area contributed by atoms with Gasteiger partial charge >= 0.3 is 6.09 Å². The van der Waals surface area contributed by atoms with Crippen LogP contribution in [0.15, 0.2) is 78.9 Å². The van der Waals surface area contributed by atoms with Crippen molar-refractivity contribution in [3.8, 4) is 11.1 Å². The van der Waals surface area contributed by atoms with E-state index in [-0.39, 0.29) is 12.0 Å². The average Bonchev–Trinajstić information content (AvgIpc) is 3.66. The Labute approximate surface area is 385 Å². The Hall–Kier alpha value is -3.59. The Balaban J connectivity index is 0.761. The molecule has 0 radical (unpaired) electrons. The van der Waals surface area contributed by atoms with Gasteiger partial charge in [-0.25, -0.2) is 4.79 Å². The summed E-state index contributed by atoms with van der Waals surface area (Å²) in [5.74, 6) is 0.0350. The highest BCUT2D eigenvalue weighted by molar-refractivity contribution is 5.79. The number of ether oxygens (including phenoxy) is 14. The quantitative estimate of drug-likeness (QED) is 0.0677. The van der Waals surface area contributed by atoms with E-state index in [0.29, 0.717) is 185 Å². The lowest BCUT2D eigenvalue weighted by Gasteiger charge is -2.19. The summed E-state index contributed by atoms with van der Waals surface area (Å²) in [7, 11) is 1.71. The normalized spacial score (nSPS) is 12.1. The van der Waals surface area contributed by atoms with Crippen molar-refractivity contribution in [2.24, 2.45) is 0 Å². The van der Waals surface area contributed by atoms with Gasteiger partial charge in [0.2, 0.25) is 0 Å². The van der Waals surface area contributed by atoms with Crippen LogP contribution in [0.1, 0.15) is 22.6 Å². The van der Waals surface area contributed by atoms with Crippen LogP contribution in [0.4, 0.5) is 4.79 Å². The second kappa shape index (κ2) is 37.5. The van der Waals surface area contributed by atoms with Gasteiger partial charge in [0.1, 0.15) is 6.61 Å². The number of amides is 1. The third-order valence-electron chi connectivity index (χ3n) is 9.79. The van der Waals surface area contributed by atoms with Crippen LogP contribution >= 0.6 is 0 Å². The Morgan fingerprint density at radius 3 is 1.03 bits per heavy atom. The number of carbonyl (C=O) groups excluding carboxylic acids is 1. The molecular weight excluding hydrogens is 843 g/mol. The van der Waals surface area contributed by atoms with Crippen LogP contribution in [0, 0.1) is 0 Å². The monoisotopic (exact) mass is 915 g/mol. The number of fused-ring (bicyclic) bond motifs is 3. The third kappa shape index (κ3) is 25.2. The van der Waals surface area contributed by atoms with Crippen LogP contribution in [0.3, 0.4) is 0 Å². The Morgan fingerprint density at radius 2 is 0.677 bits per heavy atom. The van der Waals surface area contributed by atoms with Gasteiger partial charge in [-0.1, -0.05) is 78.9 Å². The molecule has 0 heterocycles. The molecule has 16 nitrogen and oxygen atoms in total. The van der Waals surface area contributed by atoms with Crippen LogP contribution in [0.2, 0.25) is 0 Å². The smallest absolute Gasteiger partial charge is 0.409 e. The zero-order chi connectivity index (χ0) is 45.5. The number of nitrogens with zero attached hydrogens (tertiary/aromatic N) is 1. The first-order valence-electron chi connectivity index (χ1n) is 22.8. The van der Waals surface area contributed by atoms with Gasteiger partial charge in [-0.05, 0) is 27.8 Å². The number of hydrogen-bond acceptors (Lipinski definition) is 15. The highest BCUT2D eigenvalue weighted by Gasteiger charge is 2.29. The summed E-state index contributed by atoms with van der Waals surface area (Å²) in [6.45, 7) is 13.5. The molecule has 0 saturated carbocycles. The summed E-state index contributed by atoms with van der Waals surface area (Å²) < 4.78 is 77.6. The number of carbonyl (C=O) groups is 1. The summed E-state index contributed by atoms with van der Waals surface area (Å²) >= 11 is 0. The molecule has 0 unspecified atom stereocenters. The fraction of sp³-hybridized carbons (Fsp3) is 0.612. The SMILES string of the molecule is CN(CCOCCOCCOCCOCCOCCOCCOCCOCCOCCOCCOCCOCCOCc1ccccc1)C(=O)OCC1c2ccccc2-c2ccccc21. The second-order valence-electron chi connectivity index (χ2n) is 14.6. The van der Waals surface area contributed by atoms with Crippen molar-refractivity contribution >= 4 is 6.09 Å². The second-order valence-corrected chi connectivity index (χ2v) is 14.6. The van der Waals surface area contributed by atoms with Gasteiger partial charge in [-0.3, -0.25) is 0 Å². The Kier molecular flexibility index (Phi) is 31.2. The standard InChI is InChI=1S/C49H73NO15/c1-50(49(51)65-42-48-46-13-7-5-11-44(46)45-12-6-8-14-47(45)48)15-16-52-17-18-53-19-20-54-21-22-55-23-24-56-25-26-57-27-28-58-29-30-59-31-32-60-33-34-61-35-36-62-37-38-63-39-40-64-41-43-9-3-2-4-10-43/h2-14,48H,15-42H2,1H3. The first-order chi connectivity index (χ1) is 32.2. The van der Waals surface area contributed by atoms with E-state index in [0.717, 1.165) is 5.56 Å². The van der Waals surface area contributed by atoms with Crippen LogP contribution in [-0.4, -0.2) is 196 Å². The summed E-state index contributed by atoms with van der Waals surface area (Å²) in [5.41, 5.74) is 5.94. The molecule has 4 rings (SSSR count). The Morgan fingerprint density at radius 1 is 0.385 bits per heavy atom. The topological polar surface area (TPSA) is 150 Å². The van der Waals surface area contributed by atoms with Gasteiger partial charge in [0.25, 0.3) is 0 Å².